The standard InChI is InChI=1S/C51H66O6/c1-4-7-10-13-16-19-22-55-46-31-37-34(28-43(46)52)25-40-49(37)41-26-35-29-44(53)47(56-23-20-17-14-11-8-5-2)32-38(35)51(41)42-27-36-30-45(54)48(33-39(36)50(40)42)57-24-21-18-15-12-9-6-3/h28-33,52-54H,4-27H2,1-3H3. The third kappa shape index (κ3) is 9.06. The molecule has 0 saturated carbocycles. The van der Waals surface area contributed by atoms with Gasteiger partial charge in [0.15, 0.2) is 34.5 Å². The number of rotatable bonds is 24. The zero-order valence-corrected chi connectivity index (χ0v) is 35.0. The maximum absolute atomic E-state index is 11.2. The van der Waals surface area contributed by atoms with E-state index in [2.05, 4.69) is 39.0 Å². The first-order chi connectivity index (χ1) is 27.9. The number of benzene rings is 4. The highest BCUT2D eigenvalue weighted by molar-refractivity contribution is 6.01. The Hall–Kier alpha value is -4.32. The van der Waals surface area contributed by atoms with Crippen LogP contribution >= 0.6 is 0 Å². The predicted octanol–water partition coefficient (Wildman–Crippen LogP) is 13.7. The normalized spacial score (nSPS) is 12.9. The van der Waals surface area contributed by atoms with Crippen LogP contribution in [0.1, 0.15) is 170 Å². The Bertz CT molecular complexity index is 1760. The summed E-state index contributed by atoms with van der Waals surface area (Å²) in [4.78, 5) is 0. The molecule has 0 amide bonds. The van der Waals surface area contributed by atoms with E-state index in [4.69, 9.17) is 14.2 Å². The maximum Gasteiger partial charge on any atom is 0.161 e. The number of phenols is 3. The third-order valence-corrected chi connectivity index (χ3v) is 12.5. The van der Waals surface area contributed by atoms with Crippen molar-refractivity contribution in [3.63, 3.8) is 0 Å². The predicted molar refractivity (Wildman–Crippen MR) is 233 cm³/mol. The van der Waals surface area contributed by atoms with Crippen molar-refractivity contribution in [1.29, 1.82) is 0 Å². The average Bonchev–Trinajstić information content (AvgIpc) is 3.87. The minimum Gasteiger partial charge on any atom is -0.504 e. The maximum atomic E-state index is 11.2. The molecule has 3 N–H and O–H groups in total. The van der Waals surface area contributed by atoms with Crippen LogP contribution in [0.15, 0.2) is 36.4 Å². The van der Waals surface area contributed by atoms with Crippen LogP contribution in [0.5, 0.6) is 34.5 Å². The van der Waals surface area contributed by atoms with Gasteiger partial charge in [-0.1, -0.05) is 117 Å². The highest BCUT2D eigenvalue weighted by Gasteiger charge is 2.38. The molecule has 0 unspecified atom stereocenters. The van der Waals surface area contributed by atoms with Crippen LogP contribution in [0.4, 0.5) is 0 Å². The highest BCUT2D eigenvalue weighted by atomic mass is 16.5. The molecule has 6 heteroatoms. The Morgan fingerprint density at radius 3 is 0.912 bits per heavy atom. The second-order valence-corrected chi connectivity index (χ2v) is 16.9. The SMILES string of the molecule is CCCCCCCCOc1cc2c(cc1O)Cc1c-2c2c(c3c1-c1cc(OCCCCCCCC)c(O)cc1C3)-c1cc(OCCCCCCCC)c(O)cc1C2. The molecule has 0 atom stereocenters. The van der Waals surface area contributed by atoms with Gasteiger partial charge in [-0.2, -0.15) is 0 Å². The molecule has 0 aliphatic heterocycles. The molecule has 0 spiro atoms. The van der Waals surface area contributed by atoms with Gasteiger partial charge in [-0.05, 0) is 142 Å². The second-order valence-electron chi connectivity index (χ2n) is 16.9. The lowest BCUT2D eigenvalue weighted by atomic mass is 9.86. The first-order valence-electron chi connectivity index (χ1n) is 22.6. The van der Waals surface area contributed by atoms with Crippen LogP contribution in [0.3, 0.4) is 0 Å². The van der Waals surface area contributed by atoms with Crippen molar-refractivity contribution < 1.29 is 29.5 Å². The molecule has 4 aromatic rings. The van der Waals surface area contributed by atoms with Crippen molar-refractivity contribution in [1.82, 2.24) is 0 Å². The molecule has 0 heterocycles. The lowest BCUT2D eigenvalue weighted by molar-refractivity contribution is 0.289. The second kappa shape index (κ2) is 19.4. The molecule has 306 valence electrons. The number of fused-ring (bicyclic) bond motifs is 12. The lowest BCUT2D eigenvalue weighted by Gasteiger charge is -2.18. The number of phenolic OH excluding ortho intramolecular Hbond substituents is 3. The summed E-state index contributed by atoms with van der Waals surface area (Å²) in [7, 11) is 0. The van der Waals surface area contributed by atoms with Gasteiger partial charge >= 0.3 is 0 Å². The van der Waals surface area contributed by atoms with Gasteiger partial charge in [0.25, 0.3) is 0 Å². The van der Waals surface area contributed by atoms with Crippen molar-refractivity contribution in [3.8, 4) is 67.9 Å². The summed E-state index contributed by atoms with van der Waals surface area (Å²) in [6, 6.07) is 11.9. The average molecular weight is 775 g/mol. The Labute approximate surface area is 341 Å². The Morgan fingerprint density at radius 1 is 0.368 bits per heavy atom. The molecule has 6 nitrogen and oxygen atoms in total. The van der Waals surface area contributed by atoms with Crippen LogP contribution in [0.2, 0.25) is 0 Å². The fourth-order valence-electron chi connectivity index (χ4n) is 9.51. The monoisotopic (exact) mass is 774 g/mol. The van der Waals surface area contributed by atoms with Gasteiger partial charge in [-0.15, -0.1) is 0 Å². The summed E-state index contributed by atoms with van der Waals surface area (Å²) in [5.41, 5.74) is 14.0. The van der Waals surface area contributed by atoms with Gasteiger partial charge in [0.05, 0.1) is 19.8 Å². The molecule has 7 rings (SSSR count). The fraction of sp³-hybridized carbons (Fsp3) is 0.529. The van der Waals surface area contributed by atoms with Crippen molar-refractivity contribution in [3.05, 3.63) is 69.8 Å². The number of aromatic hydroxyl groups is 3. The van der Waals surface area contributed by atoms with E-state index in [9.17, 15) is 15.3 Å². The van der Waals surface area contributed by atoms with Gasteiger partial charge in [-0.25, -0.2) is 0 Å². The summed E-state index contributed by atoms with van der Waals surface area (Å²) in [6.07, 6.45) is 23.3. The van der Waals surface area contributed by atoms with Gasteiger partial charge in [0.1, 0.15) is 0 Å². The largest absolute Gasteiger partial charge is 0.504 e. The smallest absolute Gasteiger partial charge is 0.161 e. The van der Waals surface area contributed by atoms with E-state index < -0.39 is 0 Å². The molecule has 0 fully saturated rings. The van der Waals surface area contributed by atoms with E-state index in [-0.39, 0.29) is 17.2 Å². The molecule has 4 aromatic carbocycles. The van der Waals surface area contributed by atoms with Crippen molar-refractivity contribution >= 4 is 0 Å². The first-order valence-corrected chi connectivity index (χ1v) is 22.6. The minimum atomic E-state index is 0.192. The summed E-state index contributed by atoms with van der Waals surface area (Å²) in [5, 5.41) is 33.7. The minimum absolute atomic E-state index is 0.192. The van der Waals surface area contributed by atoms with E-state index >= 15 is 0 Å². The number of unbranched alkanes of at least 4 members (excludes halogenated alkanes) is 15. The molecule has 0 saturated heterocycles. The van der Waals surface area contributed by atoms with Crippen LogP contribution in [0.25, 0.3) is 33.4 Å². The highest BCUT2D eigenvalue weighted by Crippen LogP contribution is 2.59. The molecule has 3 aliphatic carbocycles. The molecular formula is C51H66O6. The van der Waals surface area contributed by atoms with Crippen LogP contribution in [0, 0.1) is 0 Å². The van der Waals surface area contributed by atoms with Gasteiger partial charge in [-0.3, -0.25) is 0 Å². The topological polar surface area (TPSA) is 88.4 Å². The van der Waals surface area contributed by atoms with Crippen LogP contribution in [-0.4, -0.2) is 35.1 Å². The first kappa shape index (κ1) is 40.9. The Balaban J connectivity index is 1.22. The van der Waals surface area contributed by atoms with Crippen molar-refractivity contribution in [2.24, 2.45) is 0 Å². The molecule has 0 bridgehead atoms. The fourth-order valence-corrected chi connectivity index (χ4v) is 9.51. The molecule has 57 heavy (non-hydrogen) atoms. The van der Waals surface area contributed by atoms with E-state index in [0.29, 0.717) is 56.3 Å². The van der Waals surface area contributed by atoms with Gasteiger partial charge in [0.2, 0.25) is 0 Å². The summed E-state index contributed by atoms with van der Waals surface area (Å²) >= 11 is 0. The third-order valence-electron chi connectivity index (χ3n) is 12.5. The quantitative estimate of drug-likeness (QED) is 0.0530. The summed E-state index contributed by atoms with van der Waals surface area (Å²) in [5.74, 6) is 2.20. The van der Waals surface area contributed by atoms with E-state index in [0.717, 1.165) is 71.9 Å². The molecule has 3 aliphatic rings. The number of hydrogen-bond acceptors (Lipinski definition) is 6. The van der Waals surface area contributed by atoms with E-state index in [1.165, 1.54) is 110 Å². The Morgan fingerprint density at radius 2 is 0.632 bits per heavy atom. The van der Waals surface area contributed by atoms with Crippen LogP contribution < -0.4 is 14.2 Å². The number of ether oxygens (including phenoxy) is 3. The number of hydrogen-bond donors (Lipinski definition) is 3. The van der Waals surface area contributed by atoms with E-state index in [1.54, 1.807) is 0 Å². The lowest BCUT2D eigenvalue weighted by Crippen LogP contribution is -1.99. The van der Waals surface area contributed by atoms with E-state index in [1.807, 2.05) is 18.2 Å². The summed E-state index contributed by atoms with van der Waals surface area (Å²) in [6.45, 7) is 8.46. The van der Waals surface area contributed by atoms with Crippen molar-refractivity contribution in [2.75, 3.05) is 19.8 Å². The van der Waals surface area contributed by atoms with Crippen LogP contribution in [-0.2, 0) is 19.3 Å². The zero-order chi connectivity index (χ0) is 39.7. The summed E-state index contributed by atoms with van der Waals surface area (Å²) < 4.78 is 18.8. The molecule has 0 aromatic heterocycles. The zero-order valence-electron chi connectivity index (χ0n) is 35.0. The van der Waals surface area contributed by atoms with Gasteiger partial charge < -0.3 is 29.5 Å². The molecule has 0 radical (unpaired) electrons. The molecular weight excluding hydrogens is 709 g/mol. The Kier molecular flexibility index (Phi) is 13.9. The van der Waals surface area contributed by atoms with Crippen molar-refractivity contribution in [2.45, 2.75) is 156 Å². The van der Waals surface area contributed by atoms with Gasteiger partial charge in [0, 0.05) is 0 Å².